The molecule has 1 aromatic carbocycles. The molecule has 0 amide bonds. The van der Waals surface area contributed by atoms with Gasteiger partial charge in [-0.25, -0.2) is 0 Å². The molecule has 4 nitrogen and oxygen atoms in total. The zero-order valence-electron chi connectivity index (χ0n) is 12.7. The third-order valence-electron chi connectivity index (χ3n) is 4.27. The van der Waals surface area contributed by atoms with Gasteiger partial charge in [-0.3, -0.25) is 0 Å². The number of hydrogen-bond donors (Lipinski definition) is 0. The molecule has 21 heavy (non-hydrogen) atoms. The topological polar surface area (TPSA) is 40.0 Å². The Labute approximate surface area is 126 Å². The molecule has 1 saturated heterocycles. The Balaban J connectivity index is 1.73. The van der Waals surface area contributed by atoms with Gasteiger partial charge in [0.15, 0.2) is 0 Å². The van der Waals surface area contributed by atoms with Crippen molar-refractivity contribution in [2.24, 2.45) is 5.16 Å². The summed E-state index contributed by atoms with van der Waals surface area (Å²) in [6, 6.07) is 8.62. The highest BCUT2D eigenvalue weighted by Crippen LogP contribution is 2.37. The van der Waals surface area contributed by atoms with Crippen LogP contribution in [0.1, 0.15) is 43.7 Å². The molecule has 4 heteroatoms. The number of fused-ring (bicyclic) bond motifs is 3. The summed E-state index contributed by atoms with van der Waals surface area (Å²) in [6.45, 7) is 5.23. The van der Waals surface area contributed by atoms with Crippen LogP contribution in [0.15, 0.2) is 29.4 Å². The standard InChI is InChI=1S/C17H23NO3/c1-3-15(18-20-4-2)17-19-11-14-13-8-6-5-7-12(13)9-10-16(14)21-17/h5-8,14,16-17H,3-4,9-11H2,1-2H3. The van der Waals surface area contributed by atoms with Crippen LogP contribution in [-0.4, -0.2) is 31.3 Å². The fraction of sp³-hybridized carbons (Fsp3) is 0.588. The predicted octanol–water partition coefficient (Wildman–Crippen LogP) is 3.26. The summed E-state index contributed by atoms with van der Waals surface area (Å²) in [5, 5.41) is 4.13. The van der Waals surface area contributed by atoms with Crippen LogP contribution in [0.2, 0.25) is 0 Å². The van der Waals surface area contributed by atoms with Crippen molar-refractivity contribution in [1.82, 2.24) is 0 Å². The van der Waals surface area contributed by atoms with E-state index in [1.165, 1.54) is 11.1 Å². The number of hydrogen-bond acceptors (Lipinski definition) is 4. The van der Waals surface area contributed by atoms with E-state index >= 15 is 0 Å². The maximum absolute atomic E-state index is 6.16. The Morgan fingerprint density at radius 3 is 3.00 bits per heavy atom. The highest BCUT2D eigenvalue weighted by atomic mass is 16.7. The van der Waals surface area contributed by atoms with Gasteiger partial charge in [0.1, 0.15) is 12.3 Å². The largest absolute Gasteiger partial charge is 0.396 e. The first-order valence-electron chi connectivity index (χ1n) is 7.87. The molecule has 1 fully saturated rings. The van der Waals surface area contributed by atoms with Gasteiger partial charge < -0.3 is 14.3 Å². The Bertz CT molecular complexity index is 515. The van der Waals surface area contributed by atoms with Gasteiger partial charge in [-0.2, -0.15) is 0 Å². The maximum Gasteiger partial charge on any atom is 0.200 e. The van der Waals surface area contributed by atoms with E-state index < -0.39 is 0 Å². The van der Waals surface area contributed by atoms with Crippen LogP contribution >= 0.6 is 0 Å². The van der Waals surface area contributed by atoms with Crippen LogP contribution in [0.4, 0.5) is 0 Å². The average molecular weight is 289 g/mol. The van der Waals surface area contributed by atoms with E-state index in [4.69, 9.17) is 14.3 Å². The number of rotatable bonds is 4. The molecular formula is C17H23NO3. The minimum atomic E-state index is -0.354. The normalized spacial score (nSPS) is 28.7. The summed E-state index contributed by atoms with van der Waals surface area (Å²) >= 11 is 0. The van der Waals surface area contributed by atoms with Crippen LogP contribution < -0.4 is 0 Å². The third-order valence-corrected chi connectivity index (χ3v) is 4.27. The van der Waals surface area contributed by atoms with Gasteiger partial charge >= 0.3 is 0 Å². The molecular weight excluding hydrogens is 266 g/mol. The summed E-state index contributed by atoms with van der Waals surface area (Å²) in [5.74, 6) is 0.344. The van der Waals surface area contributed by atoms with Gasteiger partial charge in [-0.1, -0.05) is 36.3 Å². The molecule has 3 atom stereocenters. The second-order valence-electron chi connectivity index (χ2n) is 5.54. The molecule has 0 saturated carbocycles. The third kappa shape index (κ3) is 2.97. The smallest absolute Gasteiger partial charge is 0.200 e. The van der Waals surface area contributed by atoms with Crippen molar-refractivity contribution in [3.8, 4) is 0 Å². The number of nitrogens with zero attached hydrogens (tertiary/aromatic N) is 1. The Morgan fingerprint density at radius 2 is 2.19 bits per heavy atom. The van der Waals surface area contributed by atoms with Crippen molar-refractivity contribution in [2.75, 3.05) is 13.2 Å². The number of aryl methyl sites for hydroxylation is 1. The molecule has 1 aromatic rings. The molecule has 3 unspecified atom stereocenters. The molecule has 0 radical (unpaired) electrons. The lowest BCUT2D eigenvalue weighted by Gasteiger charge is -2.40. The molecule has 1 aliphatic carbocycles. The first-order valence-corrected chi connectivity index (χ1v) is 7.87. The second-order valence-corrected chi connectivity index (χ2v) is 5.54. The highest BCUT2D eigenvalue weighted by Gasteiger charge is 2.38. The summed E-state index contributed by atoms with van der Waals surface area (Å²) in [6.07, 6.45) is 2.77. The van der Waals surface area contributed by atoms with E-state index in [1.807, 2.05) is 13.8 Å². The van der Waals surface area contributed by atoms with Crippen LogP contribution in [0, 0.1) is 0 Å². The van der Waals surface area contributed by atoms with Gasteiger partial charge in [-0.05, 0) is 37.3 Å². The van der Waals surface area contributed by atoms with E-state index in [-0.39, 0.29) is 12.4 Å². The molecule has 3 rings (SSSR count). The number of benzene rings is 1. The lowest BCUT2D eigenvalue weighted by Crippen LogP contribution is -2.44. The van der Waals surface area contributed by atoms with Gasteiger partial charge in [-0.15, -0.1) is 0 Å². The first kappa shape index (κ1) is 14.5. The van der Waals surface area contributed by atoms with Crippen molar-refractivity contribution in [1.29, 1.82) is 0 Å². The SMILES string of the molecule is CCON=C(CC)C1OCC2c3ccccc3CCC2O1. The fourth-order valence-corrected chi connectivity index (χ4v) is 3.17. The maximum atomic E-state index is 6.16. The van der Waals surface area contributed by atoms with Crippen molar-refractivity contribution in [3.05, 3.63) is 35.4 Å². The molecule has 1 aliphatic heterocycles. The second kappa shape index (κ2) is 6.58. The summed E-state index contributed by atoms with van der Waals surface area (Å²) < 4.78 is 12.1. The number of ether oxygens (including phenoxy) is 2. The zero-order valence-corrected chi connectivity index (χ0v) is 12.7. The molecule has 114 valence electrons. The summed E-state index contributed by atoms with van der Waals surface area (Å²) in [7, 11) is 0. The lowest BCUT2D eigenvalue weighted by atomic mass is 9.80. The van der Waals surface area contributed by atoms with Gasteiger partial charge in [0.2, 0.25) is 6.29 Å². The quantitative estimate of drug-likeness (QED) is 0.631. The summed E-state index contributed by atoms with van der Waals surface area (Å²) in [5.41, 5.74) is 3.66. The lowest BCUT2D eigenvalue weighted by molar-refractivity contribution is -0.191. The van der Waals surface area contributed by atoms with E-state index in [0.29, 0.717) is 19.1 Å². The van der Waals surface area contributed by atoms with E-state index in [9.17, 15) is 0 Å². The minimum Gasteiger partial charge on any atom is -0.396 e. The minimum absolute atomic E-state index is 0.219. The zero-order chi connectivity index (χ0) is 14.7. The van der Waals surface area contributed by atoms with Crippen molar-refractivity contribution in [3.63, 3.8) is 0 Å². The first-order chi connectivity index (χ1) is 10.3. The highest BCUT2D eigenvalue weighted by molar-refractivity contribution is 5.87. The van der Waals surface area contributed by atoms with Crippen molar-refractivity contribution >= 4 is 5.71 Å². The molecule has 1 heterocycles. The van der Waals surface area contributed by atoms with Crippen LogP contribution in [0.3, 0.4) is 0 Å². The van der Waals surface area contributed by atoms with Crippen LogP contribution in [0.25, 0.3) is 0 Å². The Kier molecular flexibility index (Phi) is 4.56. The predicted molar refractivity (Wildman–Crippen MR) is 81.5 cm³/mol. The molecule has 0 spiro atoms. The Hall–Kier alpha value is -1.39. The average Bonchev–Trinajstić information content (AvgIpc) is 2.55. The van der Waals surface area contributed by atoms with E-state index in [2.05, 4.69) is 29.4 Å². The molecule has 2 aliphatic rings. The van der Waals surface area contributed by atoms with E-state index in [0.717, 1.165) is 25.0 Å². The monoisotopic (exact) mass is 289 g/mol. The molecule has 0 N–H and O–H groups in total. The fourth-order valence-electron chi connectivity index (χ4n) is 3.17. The molecule has 0 bridgehead atoms. The van der Waals surface area contributed by atoms with Crippen molar-refractivity contribution < 1.29 is 14.3 Å². The van der Waals surface area contributed by atoms with Gasteiger partial charge in [0.25, 0.3) is 0 Å². The van der Waals surface area contributed by atoms with Crippen LogP contribution in [0.5, 0.6) is 0 Å². The van der Waals surface area contributed by atoms with E-state index in [1.54, 1.807) is 0 Å². The molecule has 0 aromatic heterocycles. The Morgan fingerprint density at radius 1 is 1.33 bits per heavy atom. The number of oxime groups is 1. The van der Waals surface area contributed by atoms with Crippen LogP contribution in [-0.2, 0) is 20.7 Å². The van der Waals surface area contributed by atoms with Gasteiger partial charge in [0.05, 0.1) is 12.7 Å². The van der Waals surface area contributed by atoms with Crippen molar-refractivity contribution in [2.45, 2.75) is 51.4 Å². The summed E-state index contributed by atoms with van der Waals surface area (Å²) in [4.78, 5) is 5.16. The van der Waals surface area contributed by atoms with Gasteiger partial charge in [0, 0.05) is 5.92 Å².